The van der Waals surface area contributed by atoms with E-state index in [1.807, 2.05) is 0 Å². The summed E-state index contributed by atoms with van der Waals surface area (Å²) in [4.78, 5) is 2.27. The molecule has 0 aromatic heterocycles. The predicted octanol–water partition coefficient (Wildman–Crippen LogP) is 1.38. The topological polar surface area (TPSA) is 43.7 Å². The number of aliphatic hydroxyl groups excluding tert-OH is 1. The first-order valence-corrected chi connectivity index (χ1v) is 6.65. The minimum atomic E-state index is -0.481. The Morgan fingerprint density at radius 1 is 1.25 bits per heavy atom. The van der Waals surface area contributed by atoms with E-state index in [-0.39, 0.29) is 6.10 Å². The Morgan fingerprint density at radius 2 is 1.88 bits per heavy atom. The average molecular weight is 227 g/mol. The quantitative estimate of drug-likeness (QED) is 0.765. The molecule has 2 atom stereocenters. The lowest BCUT2D eigenvalue weighted by Crippen LogP contribution is -2.67. The van der Waals surface area contributed by atoms with E-state index in [1.165, 1.54) is 6.42 Å². The zero-order valence-corrected chi connectivity index (χ0v) is 10.5. The molecular weight excluding hydrogens is 202 g/mol. The summed E-state index contributed by atoms with van der Waals surface area (Å²) >= 11 is 0. The van der Waals surface area contributed by atoms with Crippen LogP contribution in [0.4, 0.5) is 0 Å². The van der Waals surface area contributed by atoms with Gasteiger partial charge in [-0.25, -0.2) is 0 Å². The number of hydrogen-bond acceptors (Lipinski definition) is 3. The van der Waals surface area contributed by atoms with Crippen LogP contribution < -0.4 is 0 Å². The van der Waals surface area contributed by atoms with Crippen LogP contribution in [0.15, 0.2) is 0 Å². The predicted molar refractivity (Wildman–Crippen MR) is 64.2 cm³/mol. The summed E-state index contributed by atoms with van der Waals surface area (Å²) in [7, 11) is 0. The fourth-order valence-corrected chi connectivity index (χ4v) is 3.35. The lowest BCUT2D eigenvalue weighted by Gasteiger charge is -2.52. The second-order valence-corrected chi connectivity index (χ2v) is 6.15. The van der Waals surface area contributed by atoms with Crippen LogP contribution in [0.3, 0.4) is 0 Å². The van der Waals surface area contributed by atoms with Crippen LogP contribution in [0, 0.1) is 5.92 Å². The third-order valence-corrected chi connectivity index (χ3v) is 3.95. The molecule has 0 aromatic carbocycles. The van der Waals surface area contributed by atoms with Gasteiger partial charge in [0.05, 0.1) is 11.7 Å². The summed E-state index contributed by atoms with van der Waals surface area (Å²) in [6.07, 6.45) is 5.12. The van der Waals surface area contributed by atoms with Gasteiger partial charge in [-0.2, -0.15) is 0 Å². The van der Waals surface area contributed by atoms with Gasteiger partial charge in [0, 0.05) is 19.1 Å². The van der Waals surface area contributed by atoms with Gasteiger partial charge in [0.1, 0.15) is 0 Å². The lowest BCUT2D eigenvalue weighted by atomic mass is 9.81. The van der Waals surface area contributed by atoms with Crippen molar-refractivity contribution in [3.05, 3.63) is 0 Å². The minimum Gasteiger partial charge on any atom is -0.391 e. The smallest absolute Gasteiger partial charge is 0.0902 e. The molecule has 3 heteroatoms. The molecule has 94 valence electrons. The molecule has 0 unspecified atom stereocenters. The summed E-state index contributed by atoms with van der Waals surface area (Å²) < 4.78 is 0. The minimum absolute atomic E-state index is 0.169. The normalized spacial score (nSPS) is 35.1. The highest BCUT2D eigenvalue weighted by atomic mass is 16.3. The molecule has 3 nitrogen and oxygen atoms in total. The largest absolute Gasteiger partial charge is 0.391 e. The molecule has 0 radical (unpaired) electrons. The molecule has 0 amide bonds. The van der Waals surface area contributed by atoms with Crippen LogP contribution in [-0.2, 0) is 0 Å². The van der Waals surface area contributed by atoms with E-state index in [1.54, 1.807) is 0 Å². The second kappa shape index (κ2) is 4.63. The average Bonchev–Trinajstić information content (AvgIpc) is 2.14. The maximum absolute atomic E-state index is 10.2. The number of β-amino-alcohol motifs (C(OH)–C–C–N with tert-alkyl or cyclic N) is 1. The second-order valence-electron chi connectivity index (χ2n) is 6.15. The van der Waals surface area contributed by atoms with E-state index in [4.69, 9.17) is 0 Å². The Bertz CT molecular complexity index is 236. The van der Waals surface area contributed by atoms with Crippen molar-refractivity contribution in [1.82, 2.24) is 4.90 Å². The zero-order chi connectivity index (χ0) is 11.8. The highest BCUT2D eigenvalue weighted by molar-refractivity contribution is 5.00. The molecule has 0 aromatic rings. The van der Waals surface area contributed by atoms with Crippen LogP contribution in [0.2, 0.25) is 0 Å². The van der Waals surface area contributed by atoms with E-state index in [0.717, 1.165) is 38.8 Å². The van der Waals surface area contributed by atoms with Crippen molar-refractivity contribution in [2.45, 2.75) is 63.7 Å². The van der Waals surface area contributed by atoms with Gasteiger partial charge < -0.3 is 10.2 Å². The number of aliphatic hydroxyl groups is 2. The van der Waals surface area contributed by atoms with Gasteiger partial charge in [0.25, 0.3) is 0 Å². The van der Waals surface area contributed by atoms with Gasteiger partial charge in [0.15, 0.2) is 0 Å². The van der Waals surface area contributed by atoms with Gasteiger partial charge in [-0.15, -0.1) is 0 Å². The van der Waals surface area contributed by atoms with E-state index < -0.39 is 5.60 Å². The van der Waals surface area contributed by atoms with Crippen molar-refractivity contribution in [1.29, 1.82) is 0 Å². The Morgan fingerprint density at radius 3 is 2.44 bits per heavy atom. The Hall–Kier alpha value is -0.120. The van der Waals surface area contributed by atoms with Crippen molar-refractivity contribution < 1.29 is 10.2 Å². The van der Waals surface area contributed by atoms with Crippen LogP contribution >= 0.6 is 0 Å². The third kappa shape index (κ3) is 2.58. The summed E-state index contributed by atoms with van der Waals surface area (Å²) in [6.45, 7) is 5.81. The Labute approximate surface area is 98.5 Å². The van der Waals surface area contributed by atoms with Crippen molar-refractivity contribution in [2.24, 2.45) is 5.92 Å². The molecule has 2 aliphatic rings. The number of likely N-dealkylation sites (tertiary alicyclic amines) is 1. The number of rotatable bonds is 3. The Balaban J connectivity index is 1.82. The van der Waals surface area contributed by atoms with Crippen molar-refractivity contribution >= 4 is 0 Å². The van der Waals surface area contributed by atoms with Gasteiger partial charge in [-0.3, -0.25) is 4.90 Å². The monoisotopic (exact) mass is 227 g/mol. The molecule has 0 bridgehead atoms. The highest BCUT2D eigenvalue weighted by Crippen LogP contribution is 2.34. The SMILES string of the molecule is CC(C)CC1(O)CN([C@H]2CCCC[C@@H]2O)C1. The number of nitrogens with zero attached hydrogens (tertiary/aromatic N) is 1. The van der Waals surface area contributed by atoms with Crippen molar-refractivity contribution in [2.75, 3.05) is 13.1 Å². The summed E-state index contributed by atoms with van der Waals surface area (Å²) in [5, 5.41) is 20.2. The first kappa shape index (κ1) is 12.3. The van der Waals surface area contributed by atoms with E-state index in [9.17, 15) is 10.2 Å². The number of hydrogen-bond donors (Lipinski definition) is 2. The molecule has 2 N–H and O–H groups in total. The van der Waals surface area contributed by atoms with E-state index >= 15 is 0 Å². The maximum atomic E-state index is 10.2. The first-order valence-electron chi connectivity index (χ1n) is 6.65. The van der Waals surface area contributed by atoms with Gasteiger partial charge in [0.2, 0.25) is 0 Å². The summed E-state index contributed by atoms with van der Waals surface area (Å²) in [5.74, 6) is 0.545. The standard InChI is InChI=1S/C13H25NO2/c1-10(2)7-13(16)8-14(9-13)11-5-3-4-6-12(11)15/h10-12,15-16H,3-9H2,1-2H3/t11-,12-/m0/s1. The van der Waals surface area contributed by atoms with Crippen molar-refractivity contribution in [3.63, 3.8) is 0 Å². The zero-order valence-electron chi connectivity index (χ0n) is 10.5. The fraction of sp³-hybridized carbons (Fsp3) is 1.00. The van der Waals surface area contributed by atoms with Gasteiger partial charge in [-0.05, 0) is 25.2 Å². The molecule has 16 heavy (non-hydrogen) atoms. The molecule has 1 aliphatic carbocycles. The van der Waals surface area contributed by atoms with Gasteiger partial charge >= 0.3 is 0 Å². The molecule has 2 rings (SSSR count). The molecular formula is C13H25NO2. The van der Waals surface area contributed by atoms with E-state index in [0.29, 0.717) is 12.0 Å². The summed E-state index contributed by atoms with van der Waals surface area (Å²) in [5.41, 5.74) is -0.481. The molecule has 1 saturated heterocycles. The summed E-state index contributed by atoms with van der Waals surface area (Å²) in [6, 6.07) is 0.307. The molecule has 2 fully saturated rings. The fourth-order valence-electron chi connectivity index (χ4n) is 3.35. The lowest BCUT2D eigenvalue weighted by molar-refractivity contribution is -0.146. The molecule has 1 saturated carbocycles. The molecule has 1 heterocycles. The van der Waals surface area contributed by atoms with Gasteiger partial charge in [-0.1, -0.05) is 26.7 Å². The Kier molecular flexibility index (Phi) is 3.57. The van der Waals surface area contributed by atoms with Crippen LogP contribution in [0.5, 0.6) is 0 Å². The highest BCUT2D eigenvalue weighted by Gasteiger charge is 2.45. The van der Waals surface area contributed by atoms with Crippen LogP contribution in [-0.4, -0.2) is 45.9 Å². The molecule has 1 aliphatic heterocycles. The van der Waals surface area contributed by atoms with Crippen LogP contribution in [0.1, 0.15) is 46.0 Å². The third-order valence-electron chi connectivity index (χ3n) is 3.95. The van der Waals surface area contributed by atoms with Crippen LogP contribution in [0.25, 0.3) is 0 Å². The first-order chi connectivity index (χ1) is 7.50. The maximum Gasteiger partial charge on any atom is 0.0902 e. The van der Waals surface area contributed by atoms with Crippen molar-refractivity contribution in [3.8, 4) is 0 Å². The van der Waals surface area contributed by atoms with E-state index in [2.05, 4.69) is 18.7 Å². The molecule has 0 spiro atoms.